The molecule has 1 aromatic carbocycles. The van der Waals surface area contributed by atoms with E-state index in [1.807, 2.05) is 12.1 Å². The van der Waals surface area contributed by atoms with Gasteiger partial charge in [-0.05, 0) is 80.7 Å². The molecule has 136 valence electrons. The van der Waals surface area contributed by atoms with Gasteiger partial charge in [0.05, 0.1) is 11.7 Å². The molecule has 0 aromatic heterocycles. The first-order valence-corrected chi connectivity index (χ1v) is 9.99. The van der Waals surface area contributed by atoms with E-state index in [-0.39, 0.29) is 17.9 Å². The number of phenols is 1. The Hall–Kier alpha value is -1.10. The molecule has 2 saturated carbocycles. The van der Waals surface area contributed by atoms with Gasteiger partial charge in [-0.15, -0.1) is 0 Å². The molecule has 0 spiro atoms. The average molecular weight is 343 g/mol. The minimum absolute atomic E-state index is 0.145. The van der Waals surface area contributed by atoms with Crippen LogP contribution in [0.1, 0.15) is 56.1 Å². The first-order chi connectivity index (χ1) is 12.0. The Morgan fingerprint density at radius 2 is 2.00 bits per heavy atom. The van der Waals surface area contributed by atoms with Crippen LogP contribution in [0.15, 0.2) is 18.2 Å². The Kier molecular flexibility index (Phi) is 3.51. The quantitative estimate of drug-likeness (QED) is 0.771. The van der Waals surface area contributed by atoms with Gasteiger partial charge in [-0.25, -0.2) is 0 Å². The summed E-state index contributed by atoms with van der Waals surface area (Å²) in [4.78, 5) is 2.55. The van der Waals surface area contributed by atoms with Crippen molar-refractivity contribution in [3.63, 3.8) is 0 Å². The van der Waals surface area contributed by atoms with Crippen molar-refractivity contribution in [3.05, 3.63) is 29.3 Å². The first-order valence-electron chi connectivity index (χ1n) is 9.99. The highest BCUT2D eigenvalue weighted by molar-refractivity contribution is 5.48. The third-order valence-electron chi connectivity index (χ3n) is 7.83. The molecule has 25 heavy (non-hydrogen) atoms. The summed E-state index contributed by atoms with van der Waals surface area (Å²) < 4.78 is 0. The van der Waals surface area contributed by atoms with E-state index in [4.69, 9.17) is 0 Å². The summed E-state index contributed by atoms with van der Waals surface area (Å²) in [6, 6.07) is 5.81. The molecule has 3 fully saturated rings. The van der Waals surface area contributed by atoms with Gasteiger partial charge < -0.3 is 15.3 Å². The van der Waals surface area contributed by atoms with E-state index < -0.39 is 11.0 Å². The zero-order valence-corrected chi connectivity index (χ0v) is 14.8. The molecular formula is C21H29NO3. The Labute approximate surface area is 149 Å². The third-order valence-corrected chi connectivity index (χ3v) is 7.83. The summed E-state index contributed by atoms with van der Waals surface area (Å²) in [5, 5.41) is 32.5. The number of fused-ring (bicyclic) bond motifs is 1. The Morgan fingerprint density at radius 1 is 1.16 bits per heavy atom. The van der Waals surface area contributed by atoms with Crippen LogP contribution >= 0.6 is 0 Å². The fourth-order valence-electron chi connectivity index (χ4n) is 6.30. The lowest BCUT2D eigenvalue weighted by atomic mass is 9.49. The van der Waals surface area contributed by atoms with Crippen LogP contribution < -0.4 is 0 Å². The summed E-state index contributed by atoms with van der Waals surface area (Å²) in [5.74, 6) is 1.07. The van der Waals surface area contributed by atoms with Gasteiger partial charge in [0.2, 0.25) is 0 Å². The van der Waals surface area contributed by atoms with Gasteiger partial charge in [0.1, 0.15) is 5.75 Å². The second-order valence-electron chi connectivity index (χ2n) is 9.01. The summed E-state index contributed by atoms with van der Waals surface area (Å²) in [6.07, 6.45) is 7.35. The Balaban J connectivity index is 1.60. The third kappa shape index (κ3) is 2.17. The summed E-state index contributed by atoms with van der Waals surface area (Å²) in [6.45, 7) is 2.10. The van der Waals surface area contributed by atoms with E-state index in [0.29, 0.717) is 19.3 Å². The molecule has 3 aliphatic carbocycles. The second-order valence-corrected chi connectivity index (χ2v) is 9.01. The largest absolute Gasteiger partial charge is 0.508 e. The van der Waals surface area contributed by atoms with E-state index in [2.05, 4.69) is 4.90 Å². The van der Waals surface area contributed by atoms with Gasteiger partial charge in [-0.1, -0.05) is 12.5 Å². The molecule has 0 radical (unpaired) electrons. The lowest BCUT2D eigenvalue weighted by molar-refractivity contribution is -0.184. The standard InChI is InChI=1S/C21H29NO3/c23-16-5-4-15-10-19-21(25)7-6-17(24)12-20(21,18(15)11-16)8-9-22(19)13-14-2-1-3-14/h4-5,11,14,17,19,23-25H,1-3,6-10,12-13H2/t17-,19-,20-,21-/m1/s1. The highest BCUT2D eigenvalue weighted by Crippen LogP contribution is 2.58. The topological polar surface area (TPSA) is 63.9 Å². The van der Waals surface area contributed by atoms with Crippen LogP contribution in [0, 0.1) is 5.92 Å². The van der Waals surface area contributed by atoms with Crippen molar-refractivity contribution in [2.75, 3.05) is 13.1 Å². The molecule has 5 rings (SSSR count). The molecular weight excluding hydrogens is 314 g/mol. The van der Waals surface area contributed by atoms with Gasteiger partial charge in [0.25, 0.3) is 0 Å². The van der Waals surface area contributed by atoms with Crippen molar-refractivity contribution >= 4 is 0 Å². The molecule has 1 heterocycles. The number of piperidine rings is 1. The molecule has 3 N–H and O–H groups in total. The predicted octanol–water partition coefficient (Wildman–Crippen LogP) is 2.34. The van der Waals surface area contributed by atoms with E-state index in [1.54, 1.807) is 6.07 Å². The van der Waals surface area contributed by atoms with Crippen LogP contribution in [0.3, 0.4) is 0 Å². The molecule has 4 nitrogen and oxygen atoms in total. The maximum Gasteiger partial charge on any atom is 0.115 e. The first kappa shape index (κ1) is 16.1. The molecule has 4 aliphatic rings. The molecule has 1 saturated heterocycles. The van der Waals surface area contributed by atoms with Gasteiger partial charge in [-0.2, -0.15) is 0 Å². The highest BCUT2D eigenvalue weighted by atomic mass is 16.3. The molecule has 1 aliphatic heterocycles. The maximum absolute atomic E-state index is 12.0. The maximum atomic E-state index is 12.0. The molecule has 4 atom stereocenters. The minimum Gasteiger partial charge on any atom is -0.508 e. The monoisotopic (exact) mass is 343 g/mol. The van der Waals surface area contributed by atoms with Crippen molar-refractivity contribution in [1.29, 1.82) is 0 Å². The van der Waals surface area contributed by atoms with Crippen molar-refractivity contribution < 1.29 is 15.3 Å². The van der Waals surface area contributed by atoms with Gasteiger partial charge in [0.15, 0.2) is 0 Å². The Morgan fingerprint density at radius 3 is 2.76 bits per heavy atom. The molecule has 0 unspecified atom stereocenters. The summed E-state index contributed by atoms with van der Waals surface area (Å²) in [7, 11) is 0. The van der Waals surface area contributed by atoms with Crippen LogP contribution in [-0.2, 0) is 11.8 Å². The number of benzene rings is 1. The van der Waals surface area contributed by atoms with E-state index in [1.165, 1.54) is 24.8 Å². The SMILES string of the molecule is Oc1ccc2c(c1)[C@]13CCN(CC4CCC4)[C@H](C2)[C@]1(O)CC[C@@H](O)C3. The molecule has 4 heteroatoms. The van der Waals surface area contributed by atoms with Crippen molar-refractivity contribution in [3.8, 4) is 5.75 Å². The number of aromatic hydroxyl groups is 1. The fourth-order valence-corrected chi connectivity index (χ4v) is 6.30. The van der Waals surface area contributed by atoms with Gasteiger partial charge in [-0.3, -0.25) is 4.90 Å². The van der Waals surface area contributed by atoms with Crippen LogP contribution in [0.5, 0.6) is 5.75 Å². The zero-order valence-electron chi connectivity index (χ0n) is 14.8. The zero-order chi connectivity index (χ0) is 17.2. The van der Waals surface area contributed by atoms with Crippen LogP contribution in [0.25, 0.3) is 0 Å². The predicted molar refractivity (Wildman–Crippen MR) is 95.6 cm³/mol. The Bertz CT molecular complexity index is 688. The minimum atomic E-state index is -0.783. The number of hydrogen-bond donors (Lipinski definition) is 3. The number of aliphatic hydroxyl groups is 2. The number of aliphatic hydroxyl groups excluding tert-OH is 1. The summed E-state index contributed by atoms with van der Waals surface area (Å²) >= 11 is 0. The van der Waals surface area contributed by atoms with Crippen molar-refractivity contribution in [2.24, 2.45) is 5.92 Å². The normalized spacial score (nSPS) is 40.9. The number of rotatable bonds is 2. The number of nitrogens with zero attached hydrogens (tertiary/aromatic N) is 1. The van der Waals surface area contributed by atoms with E-state index in [0.717, 1.165) is 37.4 Å². The van der Waals surface area contributed by atoms with Crippen LogP contribution in [0.2, 0.25) is 0 Å². The average Bonchev–Trinajstić information content (AvgIpc) is 2.54. The van der Waals surface area contributed by atoms with Crippen LogP contribution in [0.4, 0.5) is 0 Å². The van der Waals surface area contributed by atoms with Crippen LogP contribution in [-0.4, -0.2) is 51.1 Å². The van der Waals surface area contributed by atoms with Gasteiger partial charge in [0, 0.05) is 18.0 Å². The lowest BCUT2D eigenvalue weighted by Gasteiger charge is -2.64. The number of hydrogen-bond acceptors (Lipinski definition) is 4. The van der Waals surface area contributed by atoms with E-state index >= 15 is 0 Å². The lowest BCUT2D eigenvalue weighted by Crippen LogP contribution is -2.73. The smallest absolute Gasteiger partial charge is 0.115 e. The summed E-state index contributed by atoms with van der Waals surface area (Å²) in [5.41, 5.74) is 1.15. The van der Waals surface area contributed by atoms with Crippen molar-refractivity contribution in [2.45, 2.75) is 74.5 Å². The van der Waals surface area contributed by atoms with Gasteiger partial charge >= 0.3 is 0 Å². The second kappa shape index (κ2) is 5.45. The molecule has 0 amide bonds. The fraction of sp³-hybridized carbons (Fsp3) is 0.714. The molecule has 2 bridgehead atoms. The number of phenolic OH excluding ortho intramolecular Hbond substituents is 1. The van der Waals surface area contributed by atoms with Crippen molar-refractivity contribution in [1.82, 2.24) is 4.90 Å². The number of likely N-dealkylation sites (tertiary alicyclic amines) is 1. The highest BCUT2D eigenvalue weighted by Gasteiger charge is 2.64. The molecule has 1 aromatic rings. The van der Waals surface area contributed by atoms with E-state index in [9.17, 15) is 15.3 Å².